The van der Waals surface area contributed by atoms with Crippen LogP contribution in [0, 0.1) is 6.92 Å². The maximum absolute atomic E-state index is 11.8. The minimum absolute atomic E-state index is 0.0134. The summed E-state index contributed by atoms with van der Waals surface area (Å²) in [5.41, 5.74) is 2.14. The van der Waals surface area contributed by atoms with Crippen molar-refractivity contribution < 1.29 is 9.00 Å². The molecule has 0 saturated heterocycles. The summed E-state index contributed by atoms with van der Waals surface area (Å²) < 4.78 is 12.2. The van der Waals surface area contributed by atoms with Crippen LogP contribution in [0.4, 0.5) is 0 Å². The molecule has 5 heteroatoms. The molecule has 1 amide bonds. The van der Waals surface area contributed by atoms with Crippen LogP contribution in [0.5, 0.6) is 0 Å². The monoisotopic (exact) mass is 345 g/mol. The zero-order valence-electron chi connectivity index (χ0n) is 11.5. The lowest BCUT2D eigenvalue weighted by Gasteiger charge is -2.10. The SMILES string of the molecule is Cc1cc(Br)ccc1CC(=O)NCC[C@H](C)[S@](C)=O. The maximum atomic E-state index is 11.8. The lowest BCUT2D eigenvalue weighted by atomic mass is 10.1. The summed E-state index contributed by atoms with van der Waals surface area (Å²) in [6.07, 6.45) is 2.83. The highest BCUT2D eigenvalue weighted by molar-refractivity contribution is 9.10. The molecule has 1 aromatic rings. The first-order valence-corrected chi connectivity index (χ1v) is 8.65. The molecule has 2 atom stereocenters. The van der Waals surface area contributed by atoms with Gasteiger partial charge in [0.25, 0.3) is 0 Å². The molecular formula is C14H20BrNO2S. The first kappa shape index (κ1) is 16.4. The summed E-state index contributed by atoms with van der Waals surface area (Å²) in [4.78, 5) is 11.8. The molecule has 0 aromatic heterocycles. The number of rotatable bonds is 6. The summed E-state index contributed by atoms with van der Waals surface area (Å²) in [7, 11) is -0.826. The number of hydrogen-bond donors (Lipinski definition) is 1. The molecule has 1 rings (SSSR count). The molecule has 0 aliphatic rings. The van der Waals surface area contributed by atoms with E-state index < -0.39 is 10.8 Å². The van der Waals surface area contributed by atoms with E-state index in [0.717, 1.165) is 22.0 Å². The predicted molar refractivity (Wildman–Crippen MR) is 83.7 cm³/mol. The van der Waals surface area contributed by atoms with E-state index in [0.29, 0.717) is 13.0 Å². The van der Waals surface area contributed by atoms with Gasteiger partial charge >= 0.3 is 0 Å². The summed E-state index contributed by atoms with van der Waals surface area (Å²) >= 11 is 3.40. The van der Waals surface area contributed by atoms with Crippen molar-refractivity contribution >= 4 is 32.6 Å². The molecule has 0 aliphatic heterocycles. The molecule has 0 radical (unpaired) electrons. The molecule has 0 heterocycles. The molecular weight excluding hydrogens is 326 g/mol. The number of halogens is 1. The quantitative estimate of drug-likeness (QED) is 0.861. The van der Waals surface area contributed by atoms with E-state index in [1.54, 1.807) is 6.26 Å². The Balaban J connectivity index is 2.41. The van der Waals surface area contributed by atoms with Crippen LogP contribution in [0.25, 0.3) is 0 Å². The van der Waals surface area contributed by atoms with Crippen LogP contribution in [-0.4, -0.2) is 28.2 Å². The van der Waals surface area contributed by atoms with Crippen molar-refractivity contribution in [2.75, 3.05) is 12.8 Å². The number of benzene rings is 1. The van der Waals surface area contributed by atoms with E-state index in [2.05, 4.69) is 21.2 Å². The van der Waals surface area contributed by atoms with Gasteiger partial charge in [-0.1, -0.05) is 28.9 Å². The van der Waals surface area contributed by atoms with Crippen LogP contribution in [-0.2, 0) is 22.0 Å². The van der Waals surface area contributed by atoms with Gasteiger partial charge in [0, 0.05) is 33.3 Å². The minimum Gasteiger partial charge on any atom is -0.356 e. The summed E-state index contributed by atoms with van der Waals surface area (Å²) in [6.45, 7) is 4.51. The smallest absolute Gasteiger partial charge is 0.224 e. The van der Waals surface area contributed by atoms with Crippen LogP contribution >= 0.6 is 15.9 Å². The number of aryl methyl sites for hydroxylation is 1. The highest BCUT2D eigenvalue weighted by Gasteiger charge is 2.09. The lowest BCUT2D eigenvalue weighted by molar-refractivity contribution is -0.120. The van der Waals surface area contributed by atoms with Crippen LogP contribution in [0.1, 0.15) is 24.5 Å². The van der Waals surface area contributed by atoms with Gasteiger partial charge in [0.05, 0.1) is 6.42 Å². The van der Waals surface area contributed by atoms with Crippen LogP contribution < -0.4 is 5.32 Å². The lowest BCUT2D eigenvalue weighted by Crippen LogP contribution is -2.28. The molecule has 1 aromatic carbocycles. The predicted octanol–water partition coefficient (Wildman–Crippen LogP) is 2.57. The Bertz CT molecular complexity index is 477. The summed E-state index contributed by atoms with van der Waals surface area (Å²) in [5.74, 6) is 0.0134. The van der Waals surface area contributed by atoms with Crippen LogP contribution in [0.15, 0.2) is 22.7 Å². The second-order valence-electron chi connectivity index (χ2n) is 4.70. The molecule has 106 valence electrons. The van der Waals surface area contributed by atoms with Gasteiger partial charge in [0.2, 0.25) is 5.91 Å². The average Bonchev–Trinajstić information content (AvgIpc) is 2.32. The molecule has 3 nitrogen and oxygen atoms in total. The molecule has 0 unspecified atom stereocenters. The highest BCUT2D eigenvalue weighted by Crippen LogP contribution is 2.16. The third kappa shape index (κ3) is 5.87. The Morgan fingerprint density at radius 3 is 2.74 bits per heavy atom. The normalized spacial score (nSPS) is 13.9. The Morgan fingerprint density at radius 2 is 2.16 bits per heavy atom. The molecule has 0 aliphatic carbocycles. The minimum atomic E-state index is -0.826. The Morgan fingerprint density at radius 1 is 1.47 bits per heavy atom. The van der Waals surface area contributed by atoms with Crippen molar-refractivity contribution in [1.82, 2.24) is 5.32 Å². The Hall–Kier alpha value is -0.680. The topological polar surface area (TPSA) is 46.2 Å². The Kier molecular flexibility index (Phi) is 6.72. The van der Waals surface area contributed by atoms with Crippen molar-refractivity contribution in [3.8, 4) is 0 Å². The van der Waals surface area contributed by atoms with Gasteiger partial charge in [-0.3, -0.25) is 9.00 Å². The Labute approximate surface area is 125 Å². The fourth-order valence-electron chi connectivity index (χ4n) is 1.67. The van der Waals surface area contributed by atoms with Gasteiger partial charge < -0.3 is 5.32 Å². The van der Waals surface area contributed by atoms with Gasteiger partial charge in [-0.05, 0) is 36.6 Å². The van der Waals surface area contributed by atoms with Gasteiger partial charge in [0.15, 0.2) is 0 Å². The summed E-state index contributed by atoms with van der Waals surface area (Å²) in [5, 5.41) is 2.99. The molecule has 19 heavy (non-hydrogen) atoms. The largest absolute Gasteiger partial charge is 0.356 e. The third-order valence-corrected chi connectivity index (χ3v) is 4.96. The van der Waals surface area contributed by atoms with Crippen molar-refractivity contribution in [3.63, 3.8) is 0 Å². The number of hydrogen-bond acceptors (Lipinski definition) is 2. The van der Waals surface area contributed by atoms with Crippen LogP contribution in [0.2, 0.25) is 0 Å². The highest BCUT2D eigenvalue weighted by atomic mass is 79.9. The molecule has 0 spiro atoms. The third-order valence-electron chi connectivity index (χ3n) is 3.10. The number of nitrogens with one attached hydrogen (secondary N) is 1. The van der Waals surface area contributed by atoms with E-state index in [-0.39, 0.29) is 11.2 Å². The maximum Gasteiger partial charge on any atom is 0.224 e. The molecule has 1 N–H and O–H groups in total. The van der Waals surface area contributed by atoms with E-state index >= 15 is 0 Å². The zero-order chi connectivity index (χ0) is 14.4. The molecule has 0 fully saturated rings. The second kappa shape index (κ2) is 7.80. The van der Waals surface area contributed by atoms with E-state index in [9.17, 15) is 9.00 Å². The van der Waals surface area contributed by atoms with Crippen LogP contribution in [0.3, 0.4) is 0 Å². The van der Waals surface area contributed by atoms with Crippen molar-refractivity contribution in [2.45, 2.75) is 31.9 Å². The zero-order valence-corrected chi connectivity index (χ0v) is 13.9. The fourth-order valence-corrected chi connectivity index (χ4v) is 2.60. The molecule has 0 bridgehead atoms. The second-order valence-corrected chi connectivity index (χ2v) is 7.41. The van der Waals surface area contributed by atoms with Gasteiger partial charge in [-0.15, -0.1) is 0 Å². The van der Waals surface area contributed by atoms with Crippen molar-refractivity contribution in [1.29, 1.82) is 0 Å². The average molecular weight is 346 g/mol. The number of carbonyl (C=O) groups is 1. The van der Waals surface area contributed by atoms with Gasteiger partial charge in [-0.25, -0.2) is 0 Å². The number of amides is 1. The van der Waals surface area contributed by atoms with Crippen molar-refractivity contribution in [3.05, 3.63) is 33.8 Å². The first-order valence-electron chi connectivity index (χ1n) is 6.24. The molecule has 0 saturated carbocycles. The van der Waals surface area contributed by atoms with Gasteiger partial charge in [-0.2, -0.15) is 0 Å². The van der Waals surface area contributed by atoms with Crippen molar-refractivity contribution in [2.24, 2.45) is 0 Å². The van der Waals surface area contributed by atoms with E-state index in [1.165, 1.54) is 0 Å². The fraction of sp³-hybridized carbons (Fsp3) is 0.500. The standard InChI is InChI=1S/C14H20BrNO2S/c1-10-8-13(15)5-4-12(10)9-14(17)16-7-6-11(2)19(3)18/h4-5,8,11H,6-7,9H2,1-3H3,(H,16,17)/t11-,19-/m0/s1. The first-order chi connectivity index (χ1) is 8.90. The van der Waals surface area contributed by atoms with E-state index in [1.807, 2.05) is 32.0 Å². The number of carbonyl (C=O) groups excluding carboxylic acids is 1. The summed E-state index contributed by atoms with van der Waals surface area (Å²) in [6, 6.07) is 5.91. The van der Waals surface area contributed by atoms with E-state index in [4.69, 9.17) is 0 Å². The van der Waals surface area contributed by atoms with Gasteiger partial charge in [0.1, 0.15) is 0 Å².